The van der Waals surface area contributed by atoms with Gasteiger partial charge in [0.15, 0.2) is 17.5 Å². The lowest BCUT2D eigenvalue weighted by atomic mass is 9.78. The highest BCUT2D eigenvalue weighted by atomic mass is 19.2. The summed E-state index contributed by atoms with van der Waals surface area (Å²) in [5.41, 5.74) is 2.97. The zero-order valence-corrected chi connectivity index (χ0v) is 16.2. The van der Waals surface area contributed by atoms with Crippen molar-refractivity contribution < 1.29 is 13.2 Å². The summed E-state index contributed by atoms with van der Waals surface area (Å²) in [6, 6.07) is 10.9. The van der Waals surface area contributed by atoms with Crippen molar-refractivity contribution in [1.29, 1.82) is 0 Å². The number of aryl methyl sites for hydroxylation is 1. The Morgan fingerprint density at radius 3 is 2.21 bits per heavy atom. The highest BCUT2D eigenvalue weighted by Crippen LogP contribution is 2.36. The first-order chi connectivity index (χ1) is 13.6. The third kappa shape index (κ3) is 5.29. The van der Waals surface area contributed by atoms with Crippen molar-refractivity contribution in [2.24, 2.45) is 5.92 Å². The van der Waals surface area contributed by atoms with Gasteiger partial charge in [0.25, 0.3) is 0 Å². The number of halogens is 3. The predicted molar refractivity (Wildman–Crippen MR) is 107 cm³/mol. The van der Waals surface area contributed by atoms with Crippen molar-refractivity contribution >= 4 is 0 Å². The highest BCUT2D eigenvalue weighted by molar-refractivity contribution is 5.38. The fourth-order valence-electron chi connectivity index (χ4n) is 3.83. The lowest BCUT2D eigenvalue weighted by molar-refractivity contribution is 0.376. The second-order valence-corrected chi connectivity index (χ2v) is 7.49. The van der Waals surface area contributed by atoms with Crippen LogP contribution in [0.1, 0.15) is 61.6 Å². The molecule has 2 aromatic rings. The Labute approximate surface area is 165 Å². The smallest absolute Gasteiger partial charge is 0.194 e. The van der Waals surface area contributed by atoms with Gasteiger partial charge in [0.05, 0.1) is 0 Å². The largest absolute Gasteiger partial charge is 0.204 e. The molecule has 0 N–H and O–H groups in total. The van der Waals surface area contributed by atoms with E-state index < -0.39 is 17.5 Å². The molecule has 0 atom stereocenters. The number of hydrogen-bond acceptors (Lipinski definition) is 0. The fourth-order valence-corrected chi connectivity index (χ4v) is 3.83. The molecule has 0 spiro atoms. The van der Waals surface area contributed by atoms with Crippen LogP contribution in [0.5, 0.6) is 0 Å². The van der Waals surface area contributed by atoms with Crippen LogP contribution in [0.15, 0.2) is 48.6 Å². The van der Waals surface area contributed by atoms with E-state index >= 15 is 0 Å². The molecule has 1 aliphatic carbocycles. The summed E-state index contributed by atoms with van der Waals surface area (Å²) in [5.74, 6) is 2.67. The van der Waals surface area contributed by atoms with E-state index in [0.717, 1.165) is 44.2 Å². The van der Waals surface area contributed by atoms with Gasteiger partial charge >= 0.3 is 0 Å². The summed E-state index contributed by atoms with van der Waals surface area (Å²) in [6.07, 6.45) is 10.7. The van der Waals surface area contributed by atoms with Crippen molar-refractivity contribution in [1.82, 2.24) is 0 Å². The normalized spacial score (nSPS) is 19.4. The second-order valence-electron chi connectivity index (χ2n) is 7.49. The van der Waals surface area contributed by atoms with Gasteiger partial charge in [-0.1, -0.05) is 55.5 Å². The molecule has 0 saturated heterocycles. The summed E-state index contributed by atoms with van der Waals surface area (Å²) in [4.78, 5) is 0. The number of benzene rings is 2. The third-order valence-corrected chi connectivity index (χ3v) is 5.41. The van der Waals surface area contributed by atoms with Gasteiger partial charge in [-0.3, -0.25) is 0 Å². The molecule has 0 aromatic heterocycles. The number of allylic oxidation sites excluding steroid dienone is 2. The van der Waals surface area contributed by atoms with Crippen LogP contribution in [-0.2, 0) is 6.42 Å². The quantitative estimate of drug-likeness (QED) is 0.397. The van der Waals surface area contributed by atoms with Gasteiger partial charge in [-0.05, 0) is 73.3 Å². The Morgan fingerprint density at radius 1 is 0.964 bits per heavy atom. The van der Waals surface area contributed by atoms with Crippen LogP contribution in [0.4, 0.5) is 13.2 Å². The van der Waals surface area contributed by atoms with Gasteiger partial charge in [-0.2, -0.15) is 0 Å². The molecule has 0 bridgehead atoms. The van der Waals surface area contributed by atoms with Crippen LogP contribution in [0.3, 0.4) is 0 Å². The minimum absolute atomic E-state index is 0.135. The van der Waals surface area contributed by atoms with E-state index in [1.807, 2.05) is 0 Å². The molecule has 0 aliphatic heterocycles. The van der Waals surface area contributed by atoms with E-state index in [1.54, 1.807) is 6.08 Å². The van der Waals surface area contributed by atoms with Crippen molar-refractivity contribution in [3.8, 4) is 11.8 Å². The molecule has 1 aliphatic rings. The Morgan fingerprint density at radius 2 is 1.61 bits per heavy atom. The molecule has 28 heavy (non-hydrogen) atoms. The molecule has 2 aromatic carbocycles. The maximum absolute atomic E-state index is 13.2. The average molecular weight is 382 g/mol. The molecular weight excluding hydrogens is 357 g/mol. The standard InChI is InChI=1S/C25H25F3/c1-2-5-18-8-12-21(13-9-18)22-14-10-19(11-15-22)6-3-4-7-20-16-23(26)25(28)24(27)17-20/h3,6,8-9,12-13,16-17,19,22H,2,5,10-11,14-15H2,1H3/b6-3+. The van der Waals surface area contributed by atoms with E-state index in [4.69, 9.17) is 0 Å². The van der Waals surface area contributed by atoms with Crippen molar-refractivity contribution in [2.75, 3.05) is 0 Å². The molecule has 1 saturated carbocycles. The molecular formula is C25H25F3. The van der Waals surface area contributed by atoms with Crippen LogP contribution in [0.25, 0.3) is 0 Å². The molecule has 1 fully saturated rings. The maximum atomic E-state index is 13.2. The van der Waals surface area contributed by atoms with E-state index in [9.17, 15) is 13.2 Å². The molecule has 3 heteroatoms. The first-order valence-corrected chi connectivity index (χ1v) is 9.98. The maximum Gasteiger partial charge on any atom is 0.194 e. The summed E-state index contributed by atoms with van der Waals surface area (Å²) in [5, 5.41) is 0. The summed E-state index contributed by atoms with van der Waals surface area (Å²) < 4.78 is 39.3. The first-order valence-electron chi connectivity index (χ1n) is 9.98. The minimum atomic E-state index is -1.46. The average Bonchev–Trinajstić information content (AvgIpc) is 2.71. The molecule has 0 nitrogen and oxygen atoms in total. The Bertz CT molecular complexity index is 853. The zero-order chi connectivity index (χ0) is 19.9. The van der Waals surface area contributed by atoms with Crippen LogP contribution >= 0.6 is 0 Å². The molecule has 3 rings (SSSR count). The topological polar surface area (TPSA) is 0 Å². The van der Waals surface area contributed by atoms with Gasteiger partial charge in [-0.25, -0.2) is 13.2 Å². The lowest BCUT2D eigenvalue weighted by Gasteiger charge is -2.27. The highest BCUT2D eigenvalue weighted by Gasteiger charge is 2.20. The van der Waals surface area contributed by atoms with Crippen molar-refractivity contribution in [3.05, 3.63) is 82.7 Å². The molecule has 0 heterocycles. The van der Waals surface area contributed by atoms with Gasteiger partial charge in [0.2, 0.25) is 0 Å². The minimum Gasteiger partial charge on any atom is -0.204 e. The Hall–Kier alpha value is -2.47. The van der Waals surface area contributed by atoms with Crippen molar-refractivity contribution in [2.45, 2.75) is 51.4 Å². The van der Waals surface area contributed by atoms with E-state index in [2.05, 4.69) is 49.1 Å². The first kappa shape index (κ1) is 20.3. The zero-order valence-electron chi connectivity index (χ0n) is 16.2. The molecule has 0 amide bonds. The Kier molecular flexibility index (Phi) is 6.98. The van der Waals surface area contributed by atoms with E-state index in [0.29, 0.717) is 11.8 Å². The summed E-state index contributed by atoms with van der Waals surface area (Å²) in [7, 11) is 0. The molecule has 0 radical (unpaired) electrons. The number of rotatable bonds is 4. The van der Waals surface area contributed by atoms with Gasteiger partial charge < -0.3 is 0 Å². The van der Waals surface area contributed by atoms with Crippen LogP contribution in [0, 0.1) is 35.2 Å². The van der Waals surface area contributed by atoms with E-state index in [-0.39, 0.29) is 5.56 Å². The molecule has 0 unspecified atom stereocenters. The SMILES string of the molecule is CCCc1ccc(C2CCC(/C=C/C#Cc3cc(F)c(F)c(F)c3)CC2)cc1. The molecule has 146 valence electrons. The summed E-state index contributed by atoms with van der Waals surface area (Å²) in [6.45, 7) is 2.20. The third-order valence-electron chi connectivity index (χ3n) is 5.41. The fraction of sp³-hybridized carbons (Fsp3) is 0.360. The monoisotopic (exact) mass is 382 g/mol. The Balaban J connectivity index is 1.52. The van der Waals surface area contributed by atoms with Crippen LogP contribution in [-0.4, -0.2) is 0 Å². The van der Waals surface area contributed by atoms with Gasteiger partial charge in [0, 0.05) is 5.56 Å². The van der Waals surface area contributed by atoms with Crippen molar-refractivity contribution in [3.63, 3.8) is 0 Å². The van der Waals surface area contributed by atoms with Gasteiger partial charge in [-0.15, -0.1) is 0 Å². The predicted octanol–water partition coefficient (Wildman–Crippen LogP) is 6.94. The van der Waals surface area contributed by atoms with Gasteiger partial charge in [0.1, 0.15) is 0 Å². The second kappa shape index (κ2) is 9.64. The van der Waals surface area contributed by atoms with Crippen LogP contribution < -0.4 is 0 Å². The lowest BCUT2D eigenvalue weighted by Crippen LogP contribution is -2.11. The van der Waals surface area contributed by atoms with E-state index in [1.165, 1.54) is 17.5 Å². The number of hydrogen-bond donors (Lipinski definition) is 0. The van der Waals surface area contributed by atoms with Crippen LogP contribution in [0.2, 0.25) is 0 Å². The summed E-state index contributed by atoms with van der Waals surface area (Å²) >= 11 is 0.